The van der Waals surface area contributed by atoms with E-state index in [-0.39, 0.29) is 0 Å². The molecule has 0 atom stereocenters. The maximum absolute atomic E-state index is 6.06. The van der Waals surface area contributed by atoms with E-state index in [0.29, 0.717) is 5.82 Å². The van der Waals surface area contributed by atoms with Gasteiger partial charge in [-0.3, -0.25) is 4.98 Å². The number of likely N-dealkylation sites (N-methyl/N-ethyl adjacent to an activating group) is 1. The molecule has 0 aliphatic rings. The lowest BCUT2D eigenvalue weighted by Gasteiger charge is -2.18. The standard InChI is InChI=1S/C15H16N4S2/c1-19(9-6-12-3-2-10-20-12)15-13(14(16)18-21-15)11-4-7-17-8-5-11/h2-5,7-8,10H,6,9H2,1H3,(H2,16,18). The van der Waals surface area contributed by atoms with Gasteiger partial charge in [-0.25, -0.2) is 0 Å². The van der Waals surface area contributed by atoms with Crippen molar-refractivity contribution >= 4 is 33.7 Å². The van der Waals surface area contributed by atoms with Crippen LogP contribution >= 0.6 is 22.9 Å². The Hall–Kier alpha value is -1.92. The first-order valence-corrected chi connectivity index (χ1v) is 8.30. The highest BCUT2D eigenvalue weighted by molar-refractivity contribution is 7.11. The molecule has 0 aliphatic carbocycles. The molecule has 0 spiro atoms. The Labute approximate surface area is 132 Å². The second-order valence-corrected chi connectivity index (χ2v) is 6.52. The zero-order valence-electron chi connectivity index (χ0n) is 11.7. The minimum atomic E-state index is 0.587. The zero-order valence-corrected chi connectivity index (χ0v) is 13.3. The van der Waals surface area contributed by atoms with Gasteiger partial charge in [-0.15, -0.1) is 11.3 Å². The summed E-state index contributed by atoms with van der Waals surface area (Å²) < 4.78 is 4.32. The molecule has 3 heterocycles. The summed E-state index contributed by atoms with van der Waals surface area (Å²) in [7, 11) is 2.09. The third-order valence-corrected chi connectivity index (χ3v) is 5.20. The summed E-state index contributed by atoms with van der Waals surface area (Å²) >= 11 is 3.24. The minimum Gasteiger partial charge on any atom is -0.382 e. The predicted molar refractivity (Wildman–Crippen MR) is 91.1 cm³/mol. The first-order chi connectivity index (χ1) is 10.3. The Morgan fingerprint density at radius 1 is 1.24 bits per heavy atom. The van der Waals surface area contributed by atoms with Crippen molar-refractivity contribution in [1.82, 2.24) is 9.36 Å². The molecule has 3 aromatic heterocycles. The van der Waals surface area contributed by atoms with Crippen molar-refractivity contribution in [2.24, 2.45) is 0 Å². The first-order valence-electron chi connectivity index (χ1n) is 6.65. The van der Waals surface area contributed by atoms with Gasteiger partial charge in [0.25, 0.3) is 0 Å². The van der Waals surface area contributed by atoms with Crippen molar-refractivity contribution in [3.63, 3.8) is 0 Å². The maximum Gasteiger partial charge on any atom is 0.147 e. The van der Waals surface area contributed by atoms with Crippen LogP contribution < -0.4 is 10.6 Å². The number of thiophene rings is 1. The lowest BCUT2D eigenvalue weighted by Crippen LogP contribution is -2.19. The molecule has 3 rings (SSSR count). The SMILES string of the molecule is CN(CCc1cccs1)c1snc(N)c1-c1ccncc1. The zero-order chi connectivity index (χ0) is 14.7. The van der Waals surface area contributed by atoms with Gasteiger partial charge in [0.05, 0.1) is 5.56 Å². The van der Waals surface area contributed by atoms with E-state index in [9.17, 15) is 0 Å². The lowest BCUT2D eigenvalue weighted by molar-refractivity contribution is 0.897. The van der Waals surface area contributed by atoms with Crippen LogP contribution in [0.4, 0.5) is 10.8 Å². The van der Waals surface area contributed by atoms with Crippen molar-refractivity contribution < 1.29 is 0 Å². The Bertz CT molecular complexity index is 692. The second kappa shape index (κ2) is 6.24. The van der Waals surface area contributed by atoms with Crippen molar-refractivity contribution in [3.8, 4) is 11.1 Å². The summed E-state index contributed by atoms with van der Waals surface area (Å²) in [6.07, 6.45) is 4.59. The van der Waals surface area contributed by atoms with Gasteiger partial charge in [0, 0.05) is 30.9 Å². The van der Waals surface area contributed by atoms with Gasteiger partial charge in [0.2, 0.25) is 0 Å². The molecular weight excluding hydrogens is 300 g/mol. The Balaban J connectivity index is 1.82. The average Bonchev–Trinajstić information content (AvgIpc) is 3.15. The summed E-state index contributed by atoms with van der Waals surface area (Å²) in [6.45, 7) is 0.945. The number of aromatic nitrogens is 2. The Morgan fingerprint density at radius 3 is 2.76 bits per heavy atom. The summed E-state index contributed by atoms with van der Waals surface area (Å²) in [6, 6.07) is 8.20. The summed E-state index contributed by atoms with van der Waals surface area (Å²) in [5.41, 5.74) is 8.13. The highest BCUT2D eigenvalue weighted by Crippen LogP contribution is 2.38. The molecule has 4 nitrogen and oxygen atoms in total. The molecule has 0 radical (unpaired) electrons. The second-order valence-electron chi connectivity index (χ2n) is 4.73. The average molecular weight is 316 g/mol. The molecular formula is C15H16N4S2. The van der Waals surface area contributed by atoms with E-state index in [1.165, 1.54) is 16.4 Å². The molecule has 0 amide bonds. The molecule has 3 aromatic rings. The van der Waals surface area contributed by atoms with Gasteiger partial charge in [-0.2, -0.15) is 4.37 Å². The highest BCUT2D eigenvalue weighted by atomic mass is 32.1. The number of nitrogens with zero attached hydrogens (tertiary/aromatic N) is 3. The van der Waals surface area contributed by atoms with E-state index in [1.807, 2.05) is 12.1 Å². The normalized spacial score (nSPS) is 10.7. The number of nitrogen functional groups attached to an aromatic ring is 1. The van der Waals surface area contributed by atoms with Crippen LogP contribution in [0, 0.1) is 0 Å². The van der Waals surface area contributed by atoms with Crippen LogP contribution in [-0.4, -0.2) is 22.9 Å². The molecule has 0 bridgehead atoms. The maximum atomic E-state index is 6.06. The van der Waals surface area contributed by atoms with E-state index in [1.54, 1.807) is 23.7 Å². The van der Waals surface area contributed by atoms with Crippen LogP contribution in [-0.2, 0) is 6.42 Å². The van der Waals surface area contributed by atoms with E-state index < -0.39 is 0 Å². The van der Waals surface area contributed by atoms with Crippen LogP contribution in [0.15, 0.2) is 42.0 Å². The first kappa shape index (κ1) is 14.0. The molecule has 0 saturated heterocycles. The molecule has 0 fully saturated rings. The van der Waals surface area contributed by atoms with Gasteiger partial charge < -0.3 is 10.6 Å². The van der Waals surface area contributed by atoms with Gasteiger partial charge in [0.1, 0.15) is 10.8 Å². The quantitative estimate of drug-likeness (QED) is 0.782. The van der Waals surface area contributed by atoms with Crippen molar-refractivity contribution in [2.45, 2.75) is 6.42 Å². The third kappa shape index (κ3) is 3.06. The number of rotatable bonds is 5. The van der Waals surface area contributed by atoms with E-state index in [0.717, 1.165) is 29.1 Å². The predicted octanol–water partition coefficient (Wildman–Crippen LogP) is 3.53. The van der Waals surface area contributed by atoms with Gasteiger partial charge in [-0.05, 0) is 47.1 Å². The topological polar surface area (TPSA) is 55.0 Å². The van der Waals surface area contributed by atoms with E-state index in [4.69, 9.17) is 5.73 Å². The Kier molecular flexibility index (Phi) is 4.17. The molecule has 0 saturated carbocycles. The fraction of sp³-hybridized carbons (Fsp3) is 0.200. The molecule has 21 heavy (non-hydrogen) atoms. The molecule has 108 valence electrons. The Morgan fingerprint density at radius 2 is 2.05 bits per heavy atom. The number of pyridine rings is 1. The van der Waals surface area contributed by atoms with Crippen LogP contribution in [0.3, 0.4) is 0 Å². The van der Waals surface area contributed by atoms with Crippen LogP contribution in [0.1, 0.15) is 4.88 Å². The molecule has 6 heteroatoms. The van der Waals surface area contributed by atoms with Gasteiger partial charge >= 0.3 is 0 Å². The fourth-order valence-electron chi connectivity index (χ4n) is 2.18. The third-order valence-electron chi connectivity index (χ3n) is 3.29. The lowest BCUT2D eigenvalue weighted by atomic mass is 10.1. The molecule has 0 unspecified atom stereocenters. The minimum absolute atomic E-state index is 0.587. The van der Waals surface area contributed by atoms with Crippen molar-refractivity contribution in [3.05, 3.63) is 46.9 Å². The van der Waals surface area contributed by atoms with Gasteiger partial charge in [-0.1, -0.05) is 6.07 Å². The summed E-state index contributed by atoms with van der Waals surface area (Å²) in [4.78, 5) is 7.68. The number of hydrogen-bond acceptors (Lipinski definition) is 6. The van der Waals surface area contributed by atoms with Crippen LogP contribution in [0.25, 0.3) is 11.1 Å². The largest absolute Gasteiger partial charge is 0.382 e. The number of nitrogens with two attached hydrogens (primary N) is 1. The monoisotopic (exact) mass is 316 g/mol. The smallest absolute Gasteiger partial charge is 0.147 e. The fourth-order valence-corrected chi connectivity index (χ4v) is 3.70. The molecule has 2 N–H and O–H groups in total. The summed E-state index contributed by atoms with van der Waals surface area (Å²) in [5, 5.41) is 3.22. The number of anilines is 2. The van der Waals surface area contributed by atoms with Crippen molar-refractivity contribution in [2.75, 3.05) is 24.2 Å². The van der Waals surface area contributed by atoms with Crippen LogP contribution in [0.5, 0.6) is 0 Å². The van der Waals surface area contributed by atoms with E-state index in [2.05, 4.69) is 38.8 Å². The van der Waals surface area contributed by atoms with Crippen molar-refractivity contribution in [1.29, 1.82) is 0 Å². The molecule has 0 aromatic carbocycles. The molecule has 0 aliphatic heterocycles. The van der Waals surface area contributed by atoms with E-state index >= 15 is 0 Å². The summed E-state index contributed by atoms with van der Waals surface area (Å²) in [5.74, 6) is 0.587. The van der Waals surface area contributed by atoms with Crippen LogP contribution in [0.2, 0.25) is 0 Å². The van der Waals surface area contributed by atoms with Gasteiger partial charge in [0.15, 0.2) is 0 Å². The number of hydrogen-bond donors (Lipinski definition) is 1. The highest BCUT2D eigenvalue weighted by Gasteiger charge is 2.16.